The molecule has 0 radical (unpaired) electrons. The van der Waals surface area contributed by atoms with E-state index in [1.165, 1.54) is 51.4 Å². The van der Waals surface area contributed by atoms with Crippen LogP contribution in [0.25, 0.3) is 21.8 Å². The van der Waals surface area contributed by atoms with Gasteiger partial charge in [-0.25, -0.2) is 14.6 Å². The van der Waals surface area contributed by atoms with Crippen molar-refractivity contribution in [2.24, 2.45) is 0 Å². The van der Waals surface area contributed by atoms with Gasteiger partial charge >= 0.3 is 36.0 Å². The van der Waals surface area contributed by atoms with Gasteiger partial charge in [0.1, 0.15) is 18.4 Å². The summed E-state index contributed by atoms with van der Waals surface area (Å²) in [6.45, 7) is 7.06. The van der Waals surface area contributed by atoms with Crippen molar-refractivity contribution in [1.29, 1.82) is 0 Å². The molecule has 19 nitrogen and oxygen atoms in total. The van der Waals surface area contributed by atoms with Crippen LogP contribution in [0.1, 0.15) is 33.6 Å². The van der Waals surface area contributed by atoms with Gasteiger partial charge in [-0.05, 0) is 41.4 Å². The summed E-state index contributed by atoms with van der Waals surface area (Å²) in [4.78, 5) is 70.7. The molecule has 0 fully saturated rings. The zero-order valence-corrected chi connectivity index (χ0v) is 42.0. The van der Waals surface area contributed by atoms with Crippen molar-refractivity contribution in [2.45, 2.75) is 70.9 Å². The first-order valence-electron chi connectivity index (χ1n) is 23.1. The second-order valence-electron chi connectivity index (χ2n) is 18.3. The van der Waals surface area contributed by atoms with Crippen molar-refractivity contribution >= 4 is 76.5 Å². The molecule has 0 unspecified atom stereocenters. The van der Waals surface area contributed by atoms with Gasteiger partial charge < -0.3 is 36.6 Å². The number of carbonyl (C=O) groups excluding carboxylic acids is 4. The molecular formula is C50H50F6N14O5Si. The molecule has 2 aromatic carbocycles. The third-order valence-corrected chi connectivity index (χ3v) is 13.0. The highest BCUT2D eigenvalue weighted by Crippen LogP contribution is 2.31. The molecule has 6 aromatic heterocycles. The molecule has 0 saturated carbocycles. The number of nitrogens with one attached hydrogen (secondary N) is 3. The predicted molar refractivity (Wildman–Crippen MR) is 271 cm³/mol. The van der Waals surface area contributed by atoms with Crippen LogP contribution in [0.2, 0.25) is 25.7 Å². The van der Waals surface area contributed by atoms with Crippen LogP contribution in [0.3, 0.4) is 0 Å². The second kappa shape index (κ2) is 23.6. The molecule has 6 heterocycles. The largest absolute Gasteiger partial charge is 0.417 e. The van der Waals surface area contributed by atoms with Crippen LogP contribution in [-0.2, 0) is 69.2 Å². The zero-order chi connectivity index (χ0) is 54.8. The monoisotopic (exact) mass is 1070 g/mol. The normalized spacial score (nSPS) is 11.7. The lowest BCUT2D eigenvalue weighted by molar-refractivity contribution is -0.144. The Labute approximate surface area is 430 Å². The summed E-state index contributed by atoms with van der Waals surface area (Å²) < 4.78 is 84.9. The van der Waals surface area contributed by atoms with Gasteiger partial charge in [0.2, 0.25) is 0 Å². The predicted octanol–water partition coefficient (Wildman–Crippen LogP) is 8.03. The summed E-state index contributed by atoms with van der Waals surface area (Å²) in [5.41, 5.74) is 13.1. The number of H-pyrrole nitrogens is 1. The van der Waals surface area contributed by atoms with E-state index in [9.17, 15) is 45.5 Å². The zero-order valence-electron chi connectivity index (χ0n) is 41.0. The smallest absolute Gasteiger partial charge is 0.383 e. The lowest BCUT2D eigenvalue weighted by atomic mass is 10.2. The minimum atomic E-state index is -4.55. The lowest BCUT2D eigenvalue weighted by Gasteiger charge is -2.22. The van der Waals surface area contributed by atoms with Crippen LogP contribution in [0.4, 0.5) is 49.4 Å². The van der Waals surface area contributed by atoms with E-state index >= 15 is 0 Å². The molecule has 26 heteroatoms. The Bertz CT molecular complexity index is 3300. The van der Waals surface area contributed by atoms with Crippen LogP contribution >= 0.6 is 0 Å². The molecule has 396 valence electrons. The average molecular weight is 1070 g/mol. The molecule has 0 saturated heterocycles. The molecule has 76 heavy (non-hydrogen) atoms. The quantitative estimate of drug-likeness (QED) is 0.0282. The number of aromatic nitrogens is 8. The van der Waals surface area contributed by atoms with Gasteiger partial charge in [-0.15, -0.1) is 0 Å². The molecular weight excluding hydrogens is 1020 g/mol. The first-order valence-corrected chi connectivity index (χ1v) is 26.8. The number of fused-ring (bicyclic) bond motifs is 2. The van der Waals surface area contributed by atoms with E-state index < -0.39 is 55.2 Å². The molecule has 0 aliphatic heterocycles. The molecule has 7 N–H and O–H groups in total. The number of nitrogens with zero attached hydrogens (tertiary/aromatic N) is 9. The lowest BCUT2D eigenvalue weighted by Crippen LogP contribution is -2.39. The third kappa shape index (κ3) is 14.5. The number of halogens is 6. The fraction of sp³-hybridized carbons (Fsp3) is 0.240. The molecule has 8 aromatic rings. The summed E-state index contributed by atoms with van der Waals surface area (Å²) in [6.07, 6.45) is -2.12. The van der Waals surface area contributed by atoms with Gasteiger partial charge in [-0.1, -0.05) is 80.3 Å². The Morgan fingerprint density at radius 2 is 1.11 bits per heavy atom. The number of amides is 4. The van der Waals surface area contributed by atoms with E-state index in [0.29, 0.717) is 40.8 Å². The Balaban J connectivity index is 0.000000226. The Morgan fingerprint density at radius 1 is 0.618 bits per heavy atom. The van der Waals surface area contributed by atoms with Crippen molar-refractivity contribution in [3.05, 3.63) is 156 Å². The highest BCUT2D eigenvalue weighted by molar-refractivity contribution is 6.76. The fourth-order valence-corrected chi connectivity index (χ4v) is 8.05. The first-order chi connectivity index (χ1) is 36.0. The van der Waals surface area contributed by atoms with Crippen molar-refractivity contribution < 1.29 is 50.3 Å². The number of anilines is 4. The van der Waals surface area contributed by atoms with Crippen molar-refractivity contribution in [3.8, 4) is 0 Å². The molecule has 0 aliphatic rings. The number of rotatable bonds is 15. The number of aromatic amines is 1. The van der Waals surface area contributed by atoms with Crippen LogP contribution < -0.4 is 22.1 Å². The van der Waals surface area contributed by atoms with Crippen LogP contribution in [0.15, 0.2) is 122 Å². The van der Waals surface area contributed by atoms with Crippen molar-refractivity contribution in [2.75, 3.05) is 28.7 Å². The number of benzene rings is 2. The number of nitrogens with two attached hydrogens (primary N) is 2. The molecule has 0 atom stereocenters. The van der Waals surface area contributed by atoms with Crippen LogP contribution in [0, 0.1) is 0 Å². The van der Waals surface area contributed by atoms with E-state index in [4.69, 9.17) is 16.2 Å². The van der Waals surface area contributed by atoms with E-state index in [1.807, 2.05) is 0 Å². The maximum absolute atomic E-state index is 13.4. The maximum atomic E-state index is 13.4. The number of pyridine rings is 4. The standard InChI is InChI=1S/C28H32F3N7O3Si.C22H18F3N7O2/c1-42(2,3)12-11-41-18-38-24-22(14-35-38)25(32)34-15-23(24)36-26(39)27(40)37(16-19-7-5-4-6-8-19)17-21-10-9-20(13-33-21)28(29,30)31;23-22(24,25)14-6-7-15(27-8-14)12-32(11-13-4-2-1-3-5-13)21(34)20(33)30-17-10-28-19(26)16-9-29-31-18(16)17/h4-10,13-15H,11-12,16-18H2,1-3H3,(H2,32,34)(H,36,39);1-10H,11-12H2,(H2,26,28)(H,29,31)(H,30,33). The van der Waals surface area contributed by atoms with Gasteiger partial charge in [0.05, 0.1) is 93.6 Å². The first kappa shape index (κ1) is 55.0. The summed E-state index contributed by atoms with van der Waals surface area (Å²) in [5, 5.41) is 16.9. The number of carbonyl (C=O) groups is 4. The van der Waals surface area contributed by atoms with Gasteiger partial charge in [0.15, 0.2) is 0 Å². The van der Waals surface area contributed by atoms with Gasteiger partial charge in [-0.2, -0.15) is 36.5 Å². The Hall–Kier alpha value is -8.78. The molecule has 0 spiro atoms. The van der Waals surface area contributed by atoms with E-state index in [-0.39, 0.29) is 67.3 Å². The number of hydrogen-bond acceptors (Lipinski definition) is 13. The molecule has 0 aliphatic carbocycles. The number of hydrogen-bond donors (Lipinski definition) is 5. The average Bonchev–Trinajstić information content (AvgIpc) is 4.07. The SMILES string of the molecule is C[Si](C)(C)CCOCn1ncc2c(N)ncc(NC(=O)C(=O)N(Cc3ccccc3)Cc3ccc(C(F)(F)F)cn3)c21.Nc1ncc(NC(=O)C(=O)N(Cc2ccccc2)Cc2ccc(C(F)(F)F)cn2)c2[nH]ncc12. The topological polar surface area (TPSA) is 258 Å². The number of ether oxygens (including phenoxy) is 1. The summed E-state index contributed by atoms with van der Waals surface area (Å²) in [5.74, 6) is -3.37. The second-order valence-corrected chi connectivity index (χ2v) is 23.9. The molecule has 8 rings (SSSR count). The van der Waals surface area contributed by atoms with E-state index in [2.05, 4.69) is 65.5 Å². The number of alkyl halides is 6. The maximum Gasteiger partial charge on any atom is 0.417 e. The van der Waals surface area contributed by atoms with Gasteiger partial charge in [-0.3, -0.25) is 34.2 Å². The fourth-order valence-electron chi connectivity index (χ4n) is 7.30. The minimum Gasteiger partial charge on any atom is -0.383 e. The minimum absolute atomic E-state index is 0.0219. The molecule has 4 amide bonds. The number of nitrogen functional groups attached to an aromatic ring is 2. The summed E-state index contributed by atoms with van der Waals surface area (Å²) >= 11 is 0. The van der Waals surface area contributed by atoms with Crippen molar-refractivity contribution in [3.63, 3.8) is 0 Å². The Morgan fingerprint density at radius 3 is 1.58 bits per heavy atom. The van der Waals surface area contributed by atoms with Crippen LogP contribution in [-0.4, -0.2) is 88.0 Å². The van der Waals surface area contributed by atoms with E-state index in [0.717, 1.165) is 29.3 Å². The highest BCUT2D eigenvalue weighted by atomic mass is 28.3. The van der Waals surface area contributed by atoms with E-state index in [1.54, 1.807) is 60.7 Å². The highest BCUT2D eigenvalue weighted by Gasteiger charge is 2.33. The molecule has 0 bridgehead atoms. The van der Waals surface area contributed by atoms with Gasteiger partial charge in [0, 0.05) is 40.2 Å². The summed E-state index contributed by atoms with van der Waals surface area (Å²) in [6, 6.07) is 22.8. The Kier molecular flexibility index (Phi) is 17.1. The van der Waals surface area contributed by atoms with Gasteiger partial charge in [0.25, 0.3) is 0 Å². The third-order valence-electron chi connectivity index (χ3n) is 11.3. The summed E-state index contributed by atoms with van der Waals surface area (Å²) in [7, 11) is -1.30. The van der Waals surface area contributed by atoms with Crippen LogP contribution in [0.5, 0.6) is 0 Å². The van der Waals surface area contributed by atoms with Crippen molar-refractivity contribution in [1.82, 2.24) is 49.7 Å².